The van der Waals surface area contributed by atoms with Gasteiger partial charge in [0.05, 0.1) is 18.8 Å². The van der Waals surface area contributed by atoms with E-state index < -0.39 is 0 Å². The molecule has 6 nitrogen and oxygen atoms in total. The van der Waals surface area contributed by atoms with E-state index in [0.717, 1.165) is 22.4 Å². The van der Waals surface area contributed by atoms with Gasteiger partial charge in [-0.05, 0) is 24.6 Å². The SMILES string of the molecule is CCNC(=O)CNC(=O)/C=C/c1cn(Cc2ccccc2Cl)nc1-c1ccccc1. The van der Waals surface area contributed by atoms with Gasteiger partial charge < -0.3 is 10.6 Å². The fraction of sp³-hybridized carbons (Fsp3) is 0.174. The Bertz CT molecular complexity index is 1040. The van der Waals surface area contributed by atoms with Crippen LogP contribution < -0.4 is 10.6 Å². The molecule has 0 atom stereocenters. The van der Waals surface area contributed by atoms with Gasteiger partial charge in [0.25, 0.3) is 0 Å². The number of carbonyl (C=O) groups excluding carboxylic acids is 2. The smallest absolute Gasteiger partial charge is 0.244 e. The first-order valence-electron chi connectivity index (χ1n) is 9.65. The summed E-state index contributed by atoms with van der Waals surface area (Å²) >= 11 is 6.28. The Balaban J connectivity index is 1.81. The molecule has 154 valence electrons. The molecule has 0 spiro atoms. The fourth-order valence-electron chi connectivity index (χ4n) is 2.91. The van der Waals surface area contributed by atoms with Crippen molar-refractivity contribution in [1.82, 2.24) is 20.4 Å². The van der Waals surface area contributed by atoms with Crippen molar-refractivity contribution in [1.29, 1.82) is 0 Å². The second kappa shape index (κ2) is 10.4. The average Bonchev–Trinajstić information content (AvgIpc) is 3.16. The average molecular weight is 423 g/mol. The maximum atomic E-state index is 12.1. The minimum absolute atomic E-state index is 0.0612. The third-order valence-corrected chi connectivity index (χ3v) is 4.71. The summed E-state index contributed by atoms with van der Waals surface area (Å²) in [4.78, 5) is 23.6. The predicted molar refractivity (Wildman–Crippen MR) is 119 cm³/mol. The lowest BCUT2D eigenvalue weighted by molar-refractivity contribution is -0.123. The molecule has 3 aromatic rings. The van der Waals surface area contributed by atoms with Crippen LogP contribution in [0.2, 0.25) is 5.02 Å². The molecule has 3 rings (SSSR count). The number of hydrogen-bond acceptors (Lipinski definition) is 3. The van der Waals surface area contributed by atoms with Gasteiger partial charge in [-0.3, -0.25) is 14.3 Å². The van der Waals surface area contributed by atoms with Crippen LogP contribution in [0.3, 0.4) is 0 Å². The molecule has 0 radical (unpaired) electrons. The number of carbonyl (C=O) groups is 2. The maximum Gasteiger partial charge on any atom is 0.244 e. The van der Waals surface area contributed by atoms with E-state index >= 15 is 0 Å². The summed E-state index contributed by atoms with van der Waals surface area (Å²) in [5, 5.41) is 10.6. The maximum absolute atomic E-state index is 12.1. The number of halogens is 1. The number of nitrogens with zero attached hydrogens (tertiary/aromatic N) is 2. The second-order valence-electron chi connectivity index (χ2n) is 6.59. The first-order valence-corrected chi connectivity index (χ1v) is 10.0. The third kappa shape index (κ3) is 5.81. The zero-order valence-electron chi connectivity index (χ0n) is 16.6. The van der Waals surface area contributed by atoms with Gasteiger partial charge in [-0.1, -0.05) is 60.1 Å². The lowest BCUT2D eigenvalue weighted by Crippen LogP contribution is -2.35. The summed E-state index contributed by atoms with van der Waals surface area (Å²) in [5.74, 6) is -0.573. The number of likely N-dealkylation sites (N-methyl/N-ethyl adjacent to an activating group) is 1. The first kappa shape index (κ1) is 21.3. The van der Waals surface area contributed by atoms with Crippen molar-refractivity contribution in [2.45, 2.75) is 13.5 Å². The third-order valence-electron chi connectivity index (χ3n) is 4.34. The number of hydrogen-bond donors (Lipinski definition) is 2. The van der Waals surface area contributed by atoms with Crippen molar-refractivity contribution in [2.24, 2.45) is 0 Å². The highest BCUT2D eigenvalue weighted by atomic mass is 35.5. The van der Waals surface area contributed by atoms with E-state index in [1.807, 2.05) is 67.7 Å². The Kier molecular flexibility index (Phi) is 7.40. The predicted octanol–water partition coefficient (Wildman–Crippen LogP) is 3.52. The van der Waals surface area contributed by atoms with Crippen molar-refractivity contribution in [3.05, 3.63) is 83.0 Å². The van der Waals surface area contributed by atoms with E-state index in [2.05, 4.69) is 10.6 Å². The molecule has 1 aromatic heterocycles. The highest BCUT2D eigenvalue weighted by molar-refractivity contribution is 6.31. The number of rotatable bonds is 8. The van der Waals surface area contributed by atoms with Gasteiger partial charge >= 0.3 is 0 Å². The summed E-state index contributed by atoms with van der Waals surface area (Å²) in [6.07, 6.45) is 4.98. The molecular formula is C23H23ClN4O2. The molecule has 0 bridgehead atoms. The second-order valence-corrected chi connectivity index (χ2v) is 7.00. The minimum Gasteiger partial charge on any atom is -0.355 e. The zero-order chi connectivity index (χ0) is 21.3. The number of amides is 2. The van der Waals surface area contributed by atoms with Gasteiger partial charge in [0.1, 0.15) is 0 Å². The molecule has 7 heteroatoms. The summed E-state index contributed by atoms with van der Waals surface area (Å²) in [6.45, 7) is 2.80. The zero-order valence-corrected chi connectivity index (χ0v) is 17.4. The monoisotopic (exact) mass is 422 g/mol. The molecule has 30 heavy (non-hydrogen) atoms. The fourth-order valence-corrected chi connectivity index (χ4v) is 3.11. The van der Waals surface area contributed by atoms with E-state index in [4.69, 9.17) is 16.7 Å². The van der Waals surface area contributed by atoms with Crippen molar-refractivity contribution in [3.63, 3.8) is 0 Å². The Hall–Kier alpha value is -3.38. The first-order chi connectivity index (χ1) is 14.6. The van der Waals surface area contributed by atoms with Gasteiger partial charge in [0.15, 0.2) is 0 Å². The van der Waals surface area contributed by atoms with Crippen molar-refractivity contribution >= 4 is 29.5 Å². The molecule has 0 fully saturated rings. The topological polar surface area (TPSA) is 76.0 Å². The Morgan fingerprint density at radius 3 is 2.53 bits per heavy atom. The van der Waals surface area contributed by atoms with Gasteiger partial charge in [-0.2, -0.15) is 5.10 Å². The molecule has 2 aromatic carbocycles. The van der Waals surface area contributed by atoms with E-state index in [0.29, 0.717) is 18.1 Å². The number of nitrogens with one attached hydrogen (secondary N) is 2. The molecule has 1 heterocycles. The molecule has 2 N–H and O–H groups in total. The van der Waals surface area contributed by atoms with Crippen LogP contribution in [-0.2, 0) is 16.1 Å². The van der Waals surface area contributed by atoms with E-state index in [9.17, 15) is 9.59 Å². The minimum atomic E-state index is -0.348. The van der Waals surface area contributed by atoms with E-state index in [1.54, 1.807) is 10.8 Å². The van der Waals surface area contributed by atoms with Gasteiger partial charge in [0.2, 0.25) is 11.8 Å². The van der Waals surface area contributed by atoms with Crippen LogP contribution in [0.15, 0.2) is 66.9 Å². The Morgan fingerprint density at radius 1 is 1.07 bits per heavy atom. The number of aromatic nitrogens is 2. The van der Waals surface area contributed by atoms with Crippen molar-refractivity contribution in [3.8, 4) is 11.3 Å². The Morgan fingerprint density at radius 2 is 1.80 bits per heavy atom. The van der Waals surface area contributed by atoms with Crippen molar-refractivity contribution < 1.29 is 9.59 Å². The normalized spacial score (nSPS) is 10.9. The van der Waals surface area contributed by atoms with Crippen LogP contribution in [0.25, 0.3) is 17.3 Å². The summed E-state index contributed by atoms with van der Waals surface area (Å²) in [6, 6.07) is 17.4. The summed E-state index contributed by atoms with van der Waals surface area (Å²) < 4.78 is 1.80. The van der Waals surface area contributed by atoms with E-state index in [1.165, 1.54) is 6.08 Å². The van der Waals surface area contributed by atoms with Crippen LogP contribution in [0.5, 0.6) is 0 Å². The van der Waals surface area contributed by atoms with Crippen LogP contribution in [0, 0.1) is 0 Å². The van der Waals surface area contributed by atoms with Crippen LogP contribution >= 0.6 is 11.6 Å². The lowest BCUT2D eigenvalue weighted by Gasteiger charge is -2.04. The van der Waals surface area contributed by atoms with Gasteiger partial charge in [-0.15, -0.1) is 0 Å². The van der Waals surface area contributed by atoms with Crippen LogP contribution in [0.1, 0.15) is 18.1 Å². The standard InChI is InChI=1S/C23H23ClN4O2/c1-2-25-22(30)14-26-21(29)13-12-19-16-28(15-18-10-6-7-11-20(18)24)27-23(19)17-8-4-3-5-9-17/h3-13,16H,2,14-15H2,1H3,(H,25,30)(H,26,29)/b13-12+. The summed E-state index contributed by atoms with van der Waals surface area (Å²) in [5.41, 5.74) is 3.45. The summed E-state index contributed by atoms with van der Waals surface area (Å²) in [7, 11) is 0. The molecule has 2 amide bonds. The molecule has 0 aliphatic rings. The largest absolute Gasteiger partial charge is 0.355 e. The molecule has 0 saturated carbocycles. The lowest BCUT2D eigenvalue weighted by atomic mass is 10.1. The highest BCUT2D eigenvalue weighted by Gasteiger charge is 2.11. The molecule has 0 saturated heterocycles. The quantitative estimate of drug-likeness (QED) is 0.545. The number of benzene rings is 2. The molecule has 0 aliphatic heterocycles. The molecule has 0 unspecified atom stereocenters. The van der Waals surface area contributed by atoms with Gasteiger partial charge in [-0.25, -0.2) is 0 Å². The molecular weight excluding hydrogens is 400 g/mol. The van der Waals surface area contributed by atoms with Crippen LogP contribution in [0.4, 0.5) is 0 Å². The Labute approximate surface area is 180 Å². The van der Waals surface area contributed by atoms with E-state index in [-0.39, 0.29) is 18.4 Å². The highest BCUT2D eigenvalue weighted by Crippen LogP contribution is 2.24. The molecule has 0 aliphatic carbocycles. The van der Waals surface area contributed by atoms with Crippen LogP contribution in [-0.4, -0.2) is 34.7 Å². The van der Waals surface area contributed by atoms with Gasteiger partial charge in [0, 0.05) is 35.0 Å². The van der Waals surface area contributed by atoms with Crippen molar-refractivity contribution in [2.75, 3.05) is 13.1 Å².